The third-order valence-corrected chi connectivity index (χ3v) is 5.04. The van der Waals surface area contributed by atoms with Gasteiger partial charge in [0, 0.05) is 21.9 Å². The van der Waals surface area contributed by atoms with Gasteiger partial charge in [0.15, 0.2) is 0 Å². The first-order valence-electron chi connectivity index (χ1n) is 6.72. The molecule has 1 amide bonds. The Morgan fingerprint density at radius 2 is 2.10 bits per heavy atom. The van der Waals surface area contributed by atoms with Crippen molar-refractivity contribution in [1.29, 1.82) is 0 Å². The highest BCUT2D eigenvalue weighted by molar-refractivity contribution is 14.1. The molecule has 1 fully saturated rings. The standard InChI is InChI=1S/C13H14ClIN4O2/c14-11-10-9(15)5-19(12(10)17-6-16-11)8-3-1-7(2-4-8)18-13(20)21/h5-8,18H,1-4H2,(H,20,21). The van der Waals surface area contributed by atoms with E-state index in [0.717, 1.165) is 40.3 Å². The van der Waals surface area contributed by atoms with E-state index < -0.39 is 6.09 Å². The lowest BCUT2D eigenvalue weighted by molar-refractivity contribution is 0.182. The number of hydrogen-bond donors (Lipinski definition) is 2. The van der Waals surface area contributed by atoms with E-state index in [0.29, 0.717) is 11.2 Å². The van der Waals surface area contributed by atoms with E-state index in [2.05, 4.69) is 48.6 Å². The van der Waals surface area contributed by atoms with Crippen LogP contribution in [0.3, 0.4) is 0 Å². The zero-order valence-corrected chi connectivity index (χ0v) is 14.0. The maximum absolute atomic E-state index is 10.7. The molecular weight excluding hydrogens is 407 g/mol. The number of halogens is 2. The molecule has 3 rings (SSSR count). The van der Waals surface area contributed by atoms with Gasteiger partial charge in [-0.2, -0.15) is 0 Å². The van der Waals surface area contributed by atoms with Gasteiger partial charge in [0.2, 0.25) is 0 Å². The molecule has 0 aliphatic heterocycles. The van der Waals surface area contributed by atoms with Crippen LogP contribution in [0.5, 0.6) is 0 Å². The summed E-state index contributed by atoms with van der Waals surface area (Å²) in [6.45, 7) is 0. The van der Waals surface area contributed by atoms with Crippen molar-refractivity contribution in [3.8, 4) is 0 Å². The van der Waals surface area contributed by atoms with Gasteiger partial charge in [0.1, 0.15) is 17.1 Å². The summed E-state index contributed by atoms with van der Waals surface area (Å²) in [5.41, 5.74) is 0.856. The molecule has 21 heavy (non-hydrogen) atoms. The van der Waals surface area contributed by atoms with Crippen molar-refractivity contribution in [3.05, 3.63) is 21.2 Å². The van der Waals surface area contributed by atoms with Crippen LogP contribution < -0.4 is 5.32 Å². The van der Waals surface area contributed by atoms with Gasteiger partial charge in [-0.05, 0) is 48.3 Å². The molecule has 1 aliphatic carbocycles. The van der Waals surface area contributed by atoms with E-state index in [-0.39, 0.29) is 6.04 Å². The number of nitrogens with one attached hydrogen (secondary N) is 1. The number of carbonyl (C=O) groups is 1. The molecular formula is C13H14ClIN4O2. The Bertz CT molecular complexity index is 682. The Labute approximate surface area is 140 Å². The van der Waals surface area contributed by atoms with Gasteiger partial charge in [-0.3, -0.25) is 0 Å². The van der Waals surface area contributed by atoms with Gasteiger partial charge in [-0.15, -0.1) is 0 Å². The van der Waals surface area contributed by atoms with Crippen molar-refractivity contribution >= 4 is 51.3 Å². The number of amides is 1. The predicted octanol–water partition coefficient (Wildman–Crippen LogP) is 3.44. The fourth-order valence-electron chi connectivity index (χ4n) is 2.96. The van der Waals surface area contributed by atoms with Gasteiger partial charge in [-0.1, -0.05) is 11.6 Å². The van der Waals surface area contributed by atoms with Crippen LogP contribution in [-0.2, 0) is 0 Å². The molecule has 0 atom stereocenters. The number of rotatable bonds is 2. The maximum atomic E-state index is 10.7. The minimum atomic E-state index is -0.945. The zero-order chi connectivity index (χ0) is 15.0. The summed E-state index contributed by atoms with van der Waals surface area (Å²) in [5.74, 6) is 0. The molecule has 2 aromatic rings. The van der Waals surface area contributed by atoms with Crippen molar-refractivity contribution in [1.82, 2.24) is 19.9 Å². The van der Waals surface area contributed by atoms with E-state index in [9.17, 15) is 4.79 Å². The Balaban J connectivity index is 1.83. The Hall–Kier alpha value is -1.09. The Morgan fingerprint density at radius 3 is 2.76 bits per heavy atom. The quantitative estimate of drug-likeness (QED) is 0.576. The van der Waals surface area contributed by atoms with Crippen LogP contribution in [0.15, 0.2) is 12.5 Å². The van der Waals surface area contributed by atoms with E-state index in [1.807, 2.05) is 0 Å². The van der Waals surface area contributed by atoms with Crippen molar-refractivity contribution in [2.45, 2.75) is 37.8 Å². The summed E-state index contributed by atoms with van der Waals surface area (Å²) in [4.78, 5) is 19.1. The molecule has 8 heteroatoms. The first kappa shape index (κ1) is 14.8. The van der Waals surface area contributed by atoms with Gasteiger partial charge in [0.25, 0.3) is 0 Å². The number of nitrogens with zero attached hydrogens (tertiary/aromatic N) is 3. The van der Waals surface area contributed by atoms with Crippen LogP contribution in [0.1, 0.15) is 31.7 Å². The lowest BCUT2D eigenvalue weighted by atomic mass is 9.91. The van der Waals surface area contributed by atoms with E-state index in [1.54, 1.807) is 0 Å². The zero-order valence-electron chi connectivity index (χ0n) is 11.1. The average Bonchev–Trinajstić information content (AvgIpc) is 2.78. The van der Waals surface area contributed by atoms with Crippen molar-refractivity contribution in [3.63, 3.8) is 0 Å². The minimum absolute atomic E-state index is 0.0536. The minimum Gasteiger partial charge on any atom is -0.465 e. The van der Waals surface area contributed by atoms with E-state index in [4.69, 9.17) is 16.7 Å². The molecule has 0 unspecified atom stereocenters. The van der Waals surface area contributed by atoms with Crippen LogP contribution >= 0.6 is 34.2 Å². The molecule has 0 saturated heterocycles. The lowest BCUT2D eigenvalue weighted by Crippen LogP contribution is -2.36. The maximum Gasteiger partial charge on any atom is 0.404 e. The van der Waals surface area contributed by atoms with Crippen molar-refractivity contribution < 1.29 is 9.90 Å². The second-order valence-electron chi connectivity index (χ2n) is 5.20. The third kappa shape index (κ3) is 2.94. The normalized spacial score (nSPS) is 22.4. The summed E-state index contributed by atoms with van der Waals surface area (Å²) in [6, 6.07) is 0.381. The van der Waals surface area contributed by atoms with Crippen LogP contribution in [0.25, 0.3) is 11.0 Å². The number of carboxylic acid groups (broad SMARTS) is 1. The molecule has 1 aliphatic rings. The largest absolute Gasteiger partial charge is 0.465 e. The molecule has 2 heterocycles. The molecule has 2 N–H and O–H groups in total. The van der Waals surface area contributed by atoms with Crippen LogP contribution in [0.4, 0.5) is 4.79 Å². The number of fused-ring (bicyclic) bond motifs is 1. The molecule has 1 saturated carbocycles. The molecule has 0 radical (unpaired) electrons. The molecule has 0 aromatic carbocycles. The first-order valence-corrected chi connectivity index (χ1v) is 8.18. The predicted molar refractivity (Wildman–Crippen MR) is 87.7 cm³/mol. The van der Waals surface area contributed by atoms with Gasteiger partial charge in [0.05, 0.1) is 5.39 Å². The molecule has 112 valence electrons. The third-order valence-electron chi connectivity index (χ3n) is 3.93. The van der Waals surface area contributed by atoms with Crippen LogP contribution in [0, 0.1) is 3.57 Å². The molecule has 0 spiro atoms. The van der Waals surface area contributed by atoms with Gasteiger partial charge < -0.3 is 15.0 Å². The number of hydrogen-bond acceptors (Lipinski definition) is 3. The van der Waals surface area contributed by atoms with Crippen molar-refractivity contribution in [2.75, 3.05) is 0 Å². The molecule has 2 aromatic heterocycles. The fraction of sp³-hybridized carbons (Fsp3) is 0.462. The highest BCUT2D eigenvalue weighted by Crippen LogP contribution is 2.34. The summed E-state index contributed by atoms with van der Waals surface area (Å²) < 4.78 is 3.20. The van der Waals surface area contributed by atoms with Gasteiger partial charge in [-0.25, -0.2) is 14.8 Å². The highest BCUT2D eigenvalue weighted by atomic mass is 127. The van der Waals surface area contributed by atoms with Crippen LogP contribution in [0.2, 0.25) is 5.15 Å². The number of aromatic nitrogens is 3. The van der Waals surface area contributed by atoms with E-state index in [1.165, 1.54) is 6.33 Å². The SMILES string of the molecule is O=C(O)NC1CCC(n2cc(I)c3c(Cl)ncnc32)CC1. The van der Waals surface area contributed by atoms with Crippen molar-refractivity contribution in [2.24, 2.45) is 0 Å². The van der Waals surface area contributed by atoms with E-state index >= 15 is 0 Å². The smallest absolute Gasteiger partial charge is 0.404 e. The Kier molecular flexibility index (Phi) is 4.21. The summed E-state index contributed by atoms with van der Waals surface area (Å²) in [5, 5.41) is 12.7. The topological polar surface area (TPSA) is 80.0 Å². The van der Waals surface area contributed by atoms with Gasteiger partial charge >= 0.3 is 6.09 Å². The second-order valence-corrected chi connectivity index (χ2v) is 6.72. The first-order chi connectivity index (χ1) is 10.1. The molecule has 0 bridgehead atoms. The van der Waals surface area contributed by atoms with Crippen LogP contribution in [-0.4, -0.2) is 31.8 Å². The second kappa shape index (κ2) is 5.96. The lowest BCUT2D eigenvalue weighted by Gasteiger charge is -2.29. The Morgan fingerprint density at radius 1 is 1.38 bits per heavy atom. The monoisotopic (exact) mass is 420 g/mol. The highest BCUT2D eigenvalue weighted by Gasteiger charge is 2.25. The average molecular weight is 421 g/mol. The fourth-order valence-corrected chi connectivity index (χ4v) is 4.14. The molecule has 6 nitrogen and oxygen atoms in total. The summed E-state index contributed by atoms with van der Waals surface area (Å²) in [7, 11) is 0. The summed E-state index contributed by atoms with van der Waals surface area (Å²) in [6.07, 6.45) is 6.12. The summed E-state index contributed by atoms with van der Waals surface area (Å²) >= 11 is 8.40.